The molecule has 3 rings (SSSR count). The lowest BCUT2D eigenvalue weighted by Crippen LogP contribution is -2.22. The van der Waals surface area contributed by atoms with Gasteiger partial charge in [0, 0.05) is 0 Å². The number of benzene rings is 1. The Hall–Kier alpha value is -1.75. The summed E-state index contributed by atoms with van der Waals surface area (Å²) in [5.74, 6) is 1.00. The maximum absolute atomic E-state index is 4.15. The molecule has 1 heterocycles. The first-order valence-electron chi connectivity index (χ1n) is 7.82. The molecule has 0 saturated heterocycles. The summed E-state index contributed by atoms with van der Waals surface area (Å²) in [6, 6.07) is 11.3. The third-order valence-corrected chi connectivity index (χ3v) is 3.96. The third-order valence-electron chi connectivity index (χ3n) is 3.96. The number of aryl methyl sites for hydroxylation is 1. The first-order chi connectivity index (χ1) is 10.3. The van der Waals surface area contributed by atoms with Crippen molar-refractivity contribution in [3.05, 3.63) is 41.7 Å². The van der Waals surface area contributed by atoms with Gasteiger partial charge < -0.3 is 0 Å². The number of tetrazole rings is 1. The second-order valence-electron chi connectivity index (χ2n) is 5.95. The Labute approximate surface area is 126 Å². The Morgan fingerprint density at radius 1 is 1.19 bits per heavy atom. The maximum atomic E-state index is 4.15. The molecule has 1 aromatic carbocycles. The van der Waals surface area contributed by atoms with Gasteiger partial charge in [-0.2, -0.15) is 0 Å². The quantitative estimate of drug-likeness (QED) is 0.699. The van der Waals surface area contributed by atoms with Gasteiger partial charge in [-0.3, -0.25) is 4.90 Å². The highest BCUT2D eigenvalue weighted by molar-refractivity contribution is 5.14. The molecule has 0 bridgehead atoms. The van der Waals surface area contributed by atoms with Crippen molar-refractivity contribution in [3.8, 4) is 0 Å². The molecule has 1 aliphatic carbocycles. The van der Waals surface area contributed by atoms with Crippen molar-refractivity contribution in [3.63, 3.8) is 0 Å². The van der Waals surface area contributed by atoms with Crippen molar-refractivity contribution in [2.24, 2.45) is 0 Å². The van der Waals surface area contributed by atoms with Crippen LogP contribution in [0, 0.1) is 0 Å². The van der Waals surface area contributed by atoms with Gasteiger partial charge in [-0.25, -0.2) is 4.68 Å². The molecule has 0 amide bonds. The van der Waals surface area contributed by atoms with E-state index >= 15 is 0 Å². The minimum Gasteiger partial charge on any atom is -0.299 e. The lowest BCUT2D eigenvalue weighted by Gasteiger charge is -2.15. The zero-order valence-corrected chi connectivity index (χ0v) is 12.6. The number of hydrogen-bond acceptors (Lipinski definition) is 4. The van der Waals surface area contributed by atoms with E-state index in [0.717, 1.165) is 25.3 Å². The number of rotatable bonds is 8. The molecular weight excluding hydrogens is 262 g/mol. The summed E-state index contributed by atoms with van der Waals surface area (Å²) in [4.78, 5) is 2.32. The normalized spacial score (nSPS) is 14.8. The monoisotopic (exact) mass is 285 g/mol. The van der Waals surface area contributed by atoms with Crippen LogP contribution in [0.5, 0.6) is 0 Å². The van der Waals surface area contributed by atoms with Gasteiger partial charge in [-0.05, 0) is 61.7 Å². The molecule has 0 unspecified atom stereocenters. The van der Waals surface area contributed by atoms with Crippen molar-refractivity contribution >= 4 is 0 Å². The fourth-order valence-corrected chi connectivity index (χ4v) is 2.60. The van der Waals surface area contributed by atoms with Gasteiger partial charge >= 0.3 is 0 Å². The fraction of sp³-hybridized carbons (Fsp3) is 0.562. The van der Waals surface area contributed by atoms with Gasteiger partial charge in [0.25, 0.3) is 0 Å². The molecule has 1 fully saturated rings. The third kappa shape index (κ3) is 4.11. The van der Waals surface area contributed by atoms with Crippen LogP contribution in [0.25, 0.3) is 0 Å². The van der Waals surface area contributed by atoms with Crippen LogP contribution < -0.4 is 0 Å². The van der Waals surface area contributed by atoms with E-state index in [0.29, 0.717) is 6.04 Å². The highest BCUT2D eigenvalue weighted by Crippen LogP contribution is 2.34. The fourth-order valence-electron chi connectivity index (χ4n) is 2.60. The first kappa shape index (κ1) is 14.2. The van der Waals surface area contributed by atoms with Crippen LogP contribution in [-0.2, 0) is 13.0 Å². The van der Waals surface area contributed by atoms with Crippen molar-refractivity contribution in [1.29, 1.82) is 0 Å². The SMILES string of the molecule is CN(CCCCc1ccccc1)Cc1nnnn1C1CC1. The summed E-state index contributed by atoms with van der Waals surface area (Å²) in [7, 11) is 2.15. The summed E-state index contributed by atoms with van der Waals surface area (Å²) in [5, 5.41) is 12.1. The van der Waals surface area contributed by atoms with E-state index in [-0.39, 0.29) is 0 Å². The van der Waals surface area contributed by atoms with Crippen LogP contribution in [-0.4, -0.2) is 38.7 Å². The molecule has 1 saturated carbocycles. The van der Waals surface area contributed by atoms with Crippen molar-refractivity contribution in [2.45, 2.75) is 44.7 Å². The van der Waals surface area contributed by atoms with E-state index in [1.165, 1.54) is 31.2 Å². The number of aromatic nitrogens is 4. The lowest BCUT2D eigenvalue weighted by atomic mass is 10.1. The summed E-state index contributed by atoms with van der Waals surface area (Å²) in [6.07, 6.45) is 6.03. The van der Waals surface area contributed by atoms with E-state index in [1.807, 2.05) is 4.68 Å². The van der Waals surface area contributed by atoms with E-state index in [2.05, 4.69) is 57.8 Å². The second-order valence-corrected chi connectivity index (χ2v) is 5.95. The second kappa shape index (κ2) is 6.80. The highest BCUT2D eigenvalue weighted by Gasteiger charge is 2.27. The zero-order valence-electron chi connectivity index (χ0n) is 12.6. The minimum absolute atomic E-state index is 0.557. The molecule has 0 atom stereocenters. The number of unbranched alkanes of at least 4 members (excludes halogenated alkanes) is 1. The van der Waals surface area contributed by atoms with Gasteiger partial charge in [-0.1, -0.05) is 30.3 Å². The summed E-state index contributed by atoms with van der Waals surface area (Å²) in [5.41, 5.74) is 1.43. The van der Waals surface area contributed by atoms with Gasteiger partial charge in [0.2, 0.25) is 0 Å². The molecular formula is C16H23N5. The smallest absolute Gasteiger partial charge is 0.165 e. The average molecular weight is 285 g/mol. The minimum atomic E-state index is 0.557. The standard InChI is InChI=1S/C16H23N5/c1-20(12-6-5-9-14-7-3-2-4-8-14)13-16-17-18-19-21(16)15-10-11-15/h2-4,7-8,15H,5-6,9-13H2,1H3. The van der Waals surface area contributed by atoms with Gasteiger partial charge in [-0.15, -0.1) is 5.10 Å². The van der Waals surface area contributed by atoms with Crippen LogP contribution in [0.15, 0.2) is 30.3 Å². The topological polar surface area (TPSA) is 46.8 Å². The molecule has 0 radical (unpaired) electrons. The van der Waals surface area contributed by atoms with Crippen molar-refractivity contribution in [2.75, 3.05) is 13.6 Å². The summed E-state index contributed by atoms with van der Waals surface area (Å²) < 4.78 is 2.00. The van der Waals surface area contributed by atoms with E-state index < -0.39 is 0 Å². The predicted octanol–water partition coefficient (Wildman–Crippen LogP) is 2.46. The largest absolute Gasteiger partial charge is 0.299 e. The molecule has 5 nitrogen and oxygen atoms in total. The van der Waals surface area contributed by atoms with Crippen LogP contribution in [0.2, 0.25) is 0 Å². The van der Waals surface area contributed by atoms with Crippen molar-refractivity contribution < 1.29 is 0 Å². The van der Waals surface area contributed by atoms with E-state index in [1.54, 1.807) is 0 Å². The zero-order chi connectivity index (χ0) is 14.5. The molecule has 112 valence electrons. The lowest BCUT2D eigenvalue weighted by molar-refractivity contribution is 0.303. The highest BCUT2D eigenvalue weighted by atomic mass is 15.6. The average Bonchev–Trinajstić information content (AvgIpc) is 3.25. The molecule has 1 aliphatic rings. The molecule has 5 heteroatoms. The Kier molecular flexibility index (Phi) is 4.60. The number of nitrogens with zero attached hydrogens (tertiary/aromatic N) is 5. The maximum Gasteiger partial charge on any atom is 0.165 e. The molecule has 2 aromatic rings. The first-order valence-corrected chi connectivity index (χ1v) is 7.82. The molecule has 0 N–H and O–H groups in total. The Balaban J connectivity index is 1.38. The molecule has 21 heavy (non-hydrogen) atoms. The Bertz CT molecular complexity index is 547. The predicted molar refractivity (Wildman–Crippen MR) is 81.8 cm³/mol. The Morgan fingerprint density at radius 3 is 2.76 bits per heavy atom. The van der Waals surface area contributed by atoms with Gasteiger partial charge in [0.05, 0.1) is 12.6 Å². The van der Waals surface area contributed by atoms with Crippen molar-refractivity contribution in [1.82, 2.24) is 25.1 Å². The number of hydrogen-bond donors (Lipinski definition) is 0. The summed E-state index contributed by atoms with van der Waals surface area (Å²) >= 11 is 0. The van der Waals surface area contributed by atoms with Crippen LogP contribution in [0.4, 0.5) is 0 Å². The van der Waals surface area contributed by atoms with E-state index in [4.69, 9.17) is 0 Å². The van der Waals surface area contributed by atoms with Crippen LogP contribution in [0.1, 0.15) is 43.1 Å². The molecule has 1 aromatic heterocycles. The van der Waals surface area contributed by atoms with E-state index in [9.17, 15) is 0 Å². The Morgan fingerprint density at radius 2 is 2.00 bits per heavy atom. The van der Waals surface area contributed by atoms with Crippen LogP contribution >= 0.6 is 0 Å². The summed E-state index contributed by atoms with van der Waals surface area (Å²) in [6.45, 7) is 1.93. The van der Waals surface area contributed by atoms with Gasteiger partial charge in [0.15, 0.2) is 5.82 Å². The molecule has 0 aliphatic heterocycles. The van der Waals surface area contributed by atoms with Gasteiger partial charge in [0.1, 0.15) is 0 Å². The molecule has 0 spiro atoms. The van der Waals surface area contributed by atoms with Crippen LogP contribution in [0.3, 0.4) is 0 Å².